The highest BCUT2D eigenvalue weighted by molar-refractivity contribution is 7.09. The number of ether oxygens (including phenoxy) is 1. The molecule has 0 bridgehead atoms. The molecule has 1 radical (unpaired) electrons. The summed E-state index contributed by atoms with van der Waals surface area (Å²) in [6.07, 6.45) is 1.69. The molecule has 1 saturated heterocycles. The van der Waals surface area contributed by atoms with Gasteiger partial charge in [-0.25, -0.2) is 4.98 Å². The van der Waals surface area contributed by atoms with Crippen LogP contribution in [0.4, 0.5) is 0 Å². The SMILES string of the molecule is [c]1cnc(C2NCCO2)s1. The molecular formula is C6H7N2OS. The van der Waals surface area contributed by atoms with Crippen LogP contribution in [0.2, 0.25) is 0 Å². The lowest BCUT2D eigenvalue weighted by Gasteiger charge is -2.03. The maximum Gasteiger partial charge on any atom is 0.161 e. The van der Waals surface area contributed by atoms with Crippen molar-refractivity contribution in [3.8, 4) is 0 Å². The summed E-state index contributed by atoms with van der Waals surface area (Å²) in [6, 6.07) is 0. The van der Waals surface area contributed by atoms with Crippen LogP contribution in [0.1, 0.15) is 11.2 Å². The lowest BCUT2D eigenvalue weighted by molar-refractivity contribution is 0.102. The number of thiazole rings is 1. The molecule has 2 heterocycles. The molecule has 53 valence electrons. The van der Waals surface area contributed by atoms with E-state index in [1.807, 2.05) is 0 Å². The van der Waals surface area contributed by atoms with E-state index in [-0.39, 0.29) is 6.23 Å². The molecule has 0 amide bonds. The Balaban J connectivity index is 2.12. The summed E-state index contributed by atoms with van der Waals surface area (Å²) >= 11 is 1.50. The number of aromatic nitrogens is 1. The monoisotopic (exact) mass is 155 g/mol. The smallest absolute Gasteiger partial charge is 0.161 e. The van der Waals surface area contributed by atoms with Gasteiger partial charge in [-0.3, -0.25) is 5.32 Å². The van der Waals surface area contributed by atoms with Crippen LogP contribution in [0.15, 0.2) is 6.20 Å². The van der Waals surface area contributed by atoms with Crippen LogP contribution in [-0.2, 0) is 4.74 Å². The summed E-state index contributed by atoms with van der Waals surface area (Å²) in [5.74, 6) is 0. The Kier molecular flexibility index (Phi) is 1.66. The zero-order valence-corrected chi connectivity index (χ0v) is 6.15. The van der Waals surface area contributed by atoms with E-state index in [1.54, 1.807) is 6.20 Å². The second-order valence-electron chi connectivity index (χ2n) is 2.02. The fourth-order valence-electron chi connectivity index (χ4n) is 0.909. The average molecular weight is 155 g/mol. The van der Waals surface area contributed by atoms with Crippen molar-refractivity contribution in [1.29, 1.82) is 0 Å². The fourth-order valence-corrected chi connectivity index (χ4v) is 1.50. The minimum atomic E-state index is 0.0243. The normalized spacial score (nSPS) is 25.4. The lowest BCUT2D eigenvalue weighted by atomic mass is 10.6. The molecule has 1 aliphatic heterocycles. The summed E-state index contributed by atoms with van der Waals surface area (Å²) < 4.78 is 5.31. The first-order chi connectivity index (χ1) is 4.97. The highest BCUT2D eigenvalue weighted by Gasteiger charge is 2.18. The van der Waals surface area contributed by atoms with Crippen LogP contribution >= 0.6 is 11.3 Å². The molecule has 1 aromatic rings. The van der Waals surface area contributed by atoms with E-state index < -0.39 is 0 Å². The average Bonchev–Trinajstić information content (AvgIpc) is 2.59. The molecule has 1 unspecified atom stereocenters. The first-order valence-corrected chi connectivity index (χ1v) is 3.95. The van der Waals surface area contributed by atoms with Crippen LogP contribution in [0.3, 0.4) is 0 Å². The Morgan fingerprint density at radius 3 is 3.50 bits per heavy atom. The first kappa shape index (κ1) is 6.27. The van der Waals surface area contributed by atoms with E-state index in [4.69, 9.17) is 4.74 Å². The highest BCUT2D eigenvalue weighted by atomic mass is 32.1. The Labute approximate surface area is 63.0 Å². The molecule has 0 spiro atoms. The number of rotatable bonds is 1. The lowest BCUT2D eigenvalue weighted by Crippen LogP contribution is -2.13. The van der Waals surface area contributed by atoms with Crippen molar-refractivity contribution in [2.24, 2.45) is 0 Å². The molecule has 0 aliphatic carbocycles. The first-order valence-electron chi connectivity index (χ1n) is 3.13. The van der Waals surface area contributed by atoms with Crippen molar-refractivity contribution < 1.29 is 4.74 Å². The van der Waals surface area contributed by atoms with Gasteiger partial charge >= 0.3 is 0 Å². The van der Waals surface area contributed by atoms with Crippen LogP contribution in [0.25, 0.3) is 0 Å². The number of nitrogens with zero attached hydrogens (tertiary/aromatic N) is 1. The maximum atomic E-state index is 5.31. The van der Waals surface area contributed by atoms with Gasteiger partial charge in [0.1, 0.15) is 5.01 Å². The zero-order valence-electron chi connectivity index (χ0n) is 5.33. The molecule has 3 nitrogen and oxygen atoms in total. The Morgan fingerprint density at radius 2 is 2.90 bits per heavy atom. The van der Waals surface area contributed by atoms with Crippen molar-refractivity contribution in [1.82, 2.24) is 10.3 Å². The van der Waals surface area contributed by atoms with Gasteiger partial charge in [0.05, 0.1) is 12.0 Å². The van der Waals surface area contributed by atoms with E-state index in [9.17, 15) is 0 Å². The van der Waals surface area contributed by atoms with Gasteiger partial charge in [0, 0.05) is 12.7 Å². The Bertz CT molecular complexity index is 194. The summed E-state index contributed by atoms with van der Waals surface area (Å²) in [7, 11) is 0. The van der Waals surface area contributed by atoms with Crippen LogP contribution in [0, 0.1) is 5.38 Å². The molecule has 1 aliphatic rings. The summed E-state index contributed by atoms with van der Waals surface area (Å²) in [4.78, 5) is 4.07. The van der Waals surface area contributed by atoms with E-state index in [1.165, 1.54) is 11.3 Å². The quantitative estimate of drug-likeness (QED) is 0.643. The minimum absolute atomic E-state index is 0.0243. The topological polar surface area (TPSA) is 34.2 Å². The molecule has 0 saturated carbocycles. The van der Waals surface area contributed by atoms with Gasteiger partial charge in [0.25, 0.3) is 0 Å². The minimum Gasteiger partial charge on any atom is -0.355 e. The standard InChI is InChI=1S/C6H7N2OS/c1-3-9-5(7-1)6-8-2-4-10-6/h2,5,7H,1,3H2. The number of nitrogens with one attached hydrogen (secondary N) is 1. The van der Waals surface area contributed by atoms with Crippen molar-refractivity contribution in [3.63, 3.8) is 0 Å². The summed E-state index contributed by atoms with van der Waals surface area (Å²) in [5, 5.41) is 7.05. The summed E-state index contributed by atoms with van der Waals surface area (Å²) in [6.45, 7) is 1.70. The summed E-state index contributed by atoms with van der Waals surface area (Å²) in [5.41, 5.74) is 0. The molecule has 10 heavy (non-hydrogen) atoms. The largest absolute Gasteiger partial charge is 0.355 e. The van der Waals surface area contributed by atoms with Gasteiger partial charge in [0.15, 0.2) is 6.23 Å². The van der Waals surface area contributed by atoms with Crippen molar-refractivity contribution in [2.45, 2.75) is 6.23 Å². The van der Waals surface area contributed by atoms with Crippen molar-refractivity contribution in [3.05, 3.63) is 16.6 Å². The molecule has 4 heteroatoms. The molecule has 0 aromatic carbocycles. The van der Waals surface area contributed by atoms with E-state index in [0.29, 0.717) is 0 Å². The van der Waals surface area contributed by atoms with E-state index >= 15 is 0 Å². The predicted octanol–water partition coefficient (Wildman–Crippen LogP) is 0.562. The molecule has 1 N–H and O–H groups in total. The van der Waals surface area contributed by atoms with E-state index in [2.05, 4.69) is 15.7 Å². The van der Waals surface area contributed by atoms with Crippen molar-refractivity contribution >= 4 is 11.3 Å². The molecule has 1 aromatic heterocycles. The Morgan fingerprint density at radius 1 is 1.90 bits per heavy atom. The molecule has 1 fully saturated rings. The van der Waals surface area contributed by atoms with Crippen molar-refractivity contribution in [2.75, 3.05) is 13.2 Å². The second kappa shape index (κ2) is 2.65. The maximum absolute atomic E-state index is 5.31. The van der Waals surface area contributed by atoms with Gasteiger partial charge in [-0.15, -0.1) is 11.3 Å². The number of hydrogen-bond acceptors (Lipinski definition) is 4. The van der Waals surface area contributed by atoms with Gasteiger partial charge < -0.3 is 4.74 Å². The predicted molar refractivity (Wildman–Crippen MR) is 37.6 cm³/mol. The second-order valence-corrected chi connectivity index (χ2v) is 2.88. The highest BCUT2D eigenvalue weighted by Crippen LogP contribution is 2.18. The molecule has 2 rings (SSSR count). The number of hydrogen-bond donors (Lipinski definition) is 1. The third kappa shape index (κ3) is 1.05. The van der Waals surface area contributed by atoms with Crippen LogP contribution < -0.4 is 5.32 Å². The Hall–Kier alpha value is -0.450. The third-order valence-electron chi connectivity index (χ3n) is 1.35. The van der Waals surface area contributed by atoms with Crippen LogP contribution in [-0.4, -0.2) is 18.1 Å². The van der Waals surface area contributed by atoms with Gasteiger partial charge in [0.2, 0.25) is 0 Å². The zero-order chi connectivity index (χ0) is 6.81. The molecular weight excluding hydrogens is 148 g/mol. The fraction of sp³-hybridized carbons (Fsp3) is 0.500. The van der Waals surface area contributed by atoms with E-state index in [0.717, 1.165) is 18.2 Å². The van der Waals surface area contributed by atoms with Gasteiger partial charge in [-0.05, 0) is 0 Å². The molecule has 1 atom stereocenters. The third-order valence-corrected chi connectivity index (χ3v) is 2.10. The van der Waals surface area contributed by atoms with Gasteiger partial charge in [-0.2, -0.15) is 0 Å². The van der Waals surface area contributed by atoms with Crippen LogP contribution in [0.5, 0.6) is 0 Å². The van der Waals surface area contributed by atoms with Gasteiger partial charge in [-0.1, -0.05) is 0 Å².